The Balaban J connectivity index is 1.90. The third kappa shape index (κ3) is 4.97. The molecule has 0 saturated carbocycles. The van der Waals surface area contributed by atoms with Crippen molar-refractivity contribution in [1.29, 1.82) is 0 Å². The molecule has 2 aliphatic rings. The van der Waals surface area contributed by atoms with Crippen LogP contribution in [0.1, 0.15) is 51.9 Å². The van der Waals surface area contributed by atoms with Crippen LogP contribution >= 0.6 is 0 Å². The number of nitrogens with one attached hydrogen (secondary N) is 1. The van der Waals surface area contributed by atoms with Gasteiger partial charge in [-0.25, -0.2) is 0 Å². The van der Waals surface area contributed by atoms with Crippen molar-refractivity contribution >= 4 is 11.8 Å². The van der Waals surface area contributed by atoms with E-state index in [9.17, 15) is 22.8 Å². The smallest absolute Gasteiger partial charge is 0.351 e. The minimum Gasteiger partial charge on any atom is -0.351 e. The molecule has 0 aromatic heterocycles. The van der Waals surface area contributed by atoms with Crippen LogP contribution in [0, 0.1) is 0 Å². The van der Waals surface area contributed by atoms with E-state index in [2.05, 4.69) is 11.4 Å². The predicted octanol–water partition coefficient (Wildman–Crippen LogP) is 2.93. The Bertz CT molecular complexity index is 488. The lowest BCUT2D eigenvalue weighted by molar-refractivity contribution is -0.196. The minimum absolute atomic E-state index is 0.0791. The van der Waals surface area contributed by atoms with Gasteiger partial charge in [-0.1, -0.05) is 11.6 Å². The van der Waals surface area contributed by atoms with Crippen LogP contribution in [0.2, 0.25) is 0 Å². The first-order chi connectivity index (χ1) is 10.8. The molecule has 2 unspecified atom stereocenters. The predicted molar refractivity (Wildman–Crippen MR) is 79.6 cm³/mol. The number of hydrogen-bond acceptors (Lipinski definition) is 2. The number of likely N-dealkylation sites (tertiary alicyclic amines) is 1. The molecule has 0 radical (unpaired) electrons. The monoisotopic (exact) mass is 332 g/mol. The summed E-state index contributed by atoms with van der Waals surface area (Å²) in [5.41, 5.74) is 1.10. The van der Waals surface area contributed by atoms with E-state index >= 15 is 0 Å². The number of carbonyl (C=O) groups excluding carboxylic acids is 2. The van der Waals surface area contributed by atoms with Gasteiger partial charge in [-0.2, -0.15) is 13.2 Å². The van der Waals surface area contributed by atoms with Crippen molar-refractivity contribution in [2.24, 2.45) is 0 Å². The van der Waals surface area contributed by atoms with Crippen LogP contribution in [-0.2, 0) is 9.59 Å². The van der Waals surface area contributed by atoms with Crippen molar-refractivity contribution in [3.63, 3.8) is 0 Å². The Hall–Kier alpha value is -1.53. The molecule has 0 aromatic rings. The molecule has 1 saturated heterocycles. The highest BCUT2D eigenvalue weighted by Crippen LogP contribution is 2.32. The standard InChI is InChI=1S/C16H23F3N2O2/c1-11(22)21-10-13(7-8-14(21)16(17,18)19)20-15(23)9-12-5-3-2-4-6-12/h5,13-14H,2-4,6-10H2,1H3,(H,20,23). The molecular weight excluding hydrogens is 309 g/mol. The van der Waals surface area contributed by atoms with Gasteiger partial charge in [0.15, 0.2) is 0 Å². The van der Waals surface area contributed by atoms with Crippen molar-refractivity contribution in [2.45, 2.75) is 70.1 Å². The van der Waals surface area contributed by atoms with E-state index in [1.165, 1.54) is 0 Å². The highest BCUT2D eigenvalue weighted by molar-refractivity contribution is 5.79. The van der Waals surface area contributed by atoms with Crippen molar-refractivity contribution in [3.05, 3.63) is 11.6 Å². The van der Waals surface area contributed by atoms with Crippen LogP contribution < -0.4 is 5.32 Å². The zero-order valence-corrected chi connectivity index (χ0v) is 13.3. The van der Waals surface area contributed by atoms with E-state index < -0.39 is 24.2 Å². The highest BCUT2D eigenvalue weighted by Gasteiger charge is 2.47. The van der Waals surface area contributed by atoms with Gasteiger partial charge >= 0.3 is 6.18 Å². The van der Waals surface area contributed by atoms with Crippen LogP contribution in [0.3, 0.4) is 0 Å². The zero-order chi connectivity index (χ0) is 17.0. The van der Waals surface area contributed by atoms with E-state index in [1.807, 2.05) is 0 Å². The van der Waals surface area contributed by atoms with Crippen molar-refractivity contribution in [2.75, 3.05) is 6.54 Å². The van der Waals surface area contributed by atoms with Gasteiger partial charge in [0.25, 0.3) is 0 Å². The highest BCUT2D eigenvalue weighted by atomic mass is 19.4. The van der Waals surface area contributed by atoms with E-state index in [0.717, 1.165) is 43.1 Å². The van der Waals surface area contributed by atoms with Gasteiger partial charge in [-0.05, 0) is 38.5 Å². The number of halogens is 3. The van der Waals surface area contributed by atoms with Gasteiger partial charge in [-0.15, -0.1) is 0 Å². The third-order valence-electron chi connectivity index (χ3n) is 4.50. The summed E-state index contributed by atoms with van der Waals surface area (Å²) < 4.78 is 38.9. The number of alkyl halides is 3. The molecule has 23 heavy (non-hydrogen) atoms. The van der Waals surface area contributed by atoms with E-state index in [4.69, 9.17) is 0 Å². The molecule has 4 nitrogen and oxygen atoms in total. The second kappa shape index (κ2) is 7.36. The molecule has 0 spiro atoms. The fraction of sp³-hybridized carbons (Fsp3) is 0.750. The molecule has 0 bridgehead atoms. The molecule has 1 fully saturated rings. The molecule has 1 heterocycles. The van der Waals surface area contributed by atoms with Gasteiger partial charge in [0.05, 0.1) is 0 Å². The Morgan fingerprint density at radius 3 is 2.61 bits per heavy atom. The summed E-state index contributed by atoms with van der Waals surface area (Å²) in [6.07, 6.45) is 2.13. The summed E-state index contributed by atoms with van der Waals surface area (Å²) in [5.74, 6) is -0.779. The molecule has 1 N–H and O–H groups in total. The molecule has 2 atom stereocenters. The van der Waals surface area contributed by atoms with Crippen LogP contribution in [0.25, 0.3) is 0 Å². The Labute approximate surface area is 134 Å². The lowest BCUT2D eigenvalue weighted by Gasteiger charge is -2.40. The summed E-state index contributed by atoms with van der Waals surface area (Å²) in [5, 5.41) is 2.78. The lowest BCUT2D eigenvalue weighted by atomic mass is 9.95. The quantitative estimate of drug-likeness (QED) is 0.808. The van der Waals surface area contributed by atoms with Crippen LogP contribution in [0.15, 0.2) is 11.6 Å². The first-order valence-corrected chi connectivity index (χ1v) is 8.08. The van der Waals surface area contributed by atoms with E-state index in [-0.39, 0.29) is 25.3 Å². The number of amides is 2. The Kier molecular flexibility index (Phi) is 5.70. The maximum atomic E-state index is 13.0. The Morgan fingerprint density at radius 2 is 2.04 bits per heavy atom. The summed E-state index contributed by atoms with van der Waals surface area (Å²) in [4.78, 5) is 24.4. The van der Waals surface area contributed by atoms with Gasteiger partial charge in [0, 0.05) is 25.9 Å². The zero-order valence-electron chi connectivity index (χ0n) is 13.3. The van der Waals surface area contributed by atoms with Crippen molar-refractivity contribution in [1.82, 2.24) is 10.2 Å². The molecule has 1 aliphatic heterocycles. The first-order valence-electron chi connectivity index (χ1n) is 8.08. The molecule has 2 amide bonds. The molecule has 0 aromatic carbocycles. The topological polar surface area (TPSA) is 49.4 Å². The average molecular weight is 332 g/mol. The van der Waals surface area contributed by atoms with Gasteiger partial charge in [0.1, 0.15) is 6.04 Å². The van der Waals surface area contributed by atoms with Crippen LogP contribution in [-0.4, -0.2) is 41.5 Å². The minimum atomic E-state index is -4.42. The van der Waals surface area contributed by atoms with Gasteiger partial charge < -0.3 is 10.2 Å². The molecule has 7 heteroatoms. The molecular formula is C16H23F3N2O2. The first kappa shape index (κ1) is 17.8. The maximum absolute atomic E-state index is 13.0. The molecule has 1 aliphatic carbocycles. The summed E-state index contributed by atoms with van der Waals surface area (Å²) in [6, 6.07) is -2.15. The van der Waals surface area contributed by atoms with E-state index in [1.54, 1.807) is 0 Å². The largest absolute Gasteiger partial charge is 0.408 e. The van der Waals surface area contributed by atoms with Gasteiger partial charge in [-0.3, -0.25) is 9.59 Å². The number of rotatable bonds is 3. The summed E-state index contributed by atoms with van der Waals surface area (Å²) in [7, 11) is 0. The molecule has 2 rings (SSSR count). The number of hydrogen-bond donors (Lipinski definition) is 1. The van der Waals surface area contributed by atoms with Gasteiger partial charge in [0.2, 0.25) is 11.8 Å². The third-order valence-corrected chi connectivity index (χ3v) is 4.50. The van der Waals surface area contributed by atoms with E-state index in [0.29, 0.717) is 6.42 Å². The van der Waals surface area contributed by atoms with Crippen molar-refractivity contribution < 1.29 is 22.8 Å². The Morgan fingerprint density at radius 1 is 1.30 bits per heavy atom. The average Bonchev–Trinajstić information content (AvgIpc) is 2.46. The van der Waals surface area contributed by atoms with Crippen LogP contribution in [0.5, 0.6) is 0 Å². The SMILES string of the molecule is CC(=O)N1CC(NC(=O)CC2=CCCCC2)CCC1C(F)(F)F. The summed E-state index contributed by atoms with van der Waals surface area (Å²) >= 11 is 0. The fourth-order valence-corrected chi connectivity index (χ4v) is 3.33. The maximum Gasteiger partial charge on any atom is 0.408 e. The second-order valence-corrected chi connectivity index (χ2v) is 6.36. The number of nitrogens with zero attached hydrogens (tertiary/aromatic N) is 1. The fourth-order valence-electron chi connectivity index (χ4n) is 3.33. The summed E-state index contributed by atoms with van der Waals surface area (Å²) in [6.45, 7) is 1.06. The number of allylic oxidation sites excluding steroid dienone is 1. The molecule has 130 valence electrons. The normalized spacial score (nSPS) is 25.7. The number of carbonyl (C=O) groups is 2. The number of piperidine rings is 1. The second-order valence-electron chi connectivity index (χ2n) is 6.36. The lowest BCUT2D eigenvalue weighted by Crippen LogP contribution is -2.57. The van der Waals surface area contributed by atoms with Crippen LogP contribution in [0.4, 0.5) is 13.2 Å². The van der Waals surface area contributed by atoms with Crippen molar-refractivity contribution in [3.8, 4) is 0 Å².